The maximum absolute atomic E-state index is 12.2. The molecule has 0 saturated carbocycles. The highest BCUT2D eigenvalue weighted by atomic mass is 32.2. The van der Waals surface area contributed by atoms with Gasteiger partial charge < -0.3 is 15.4 Å². The van der Waals surface area contributed by atoms with Crippen molar-refractivity contribution in [3.05, 3.63) is 0 Å². The second kappa shape index (κ2) is 10.1. The molecule has 0 rings (SSSR count). The molecule has 0 aromatic heterocycles. The zero-order valence-corrected chi connectivity index (χ0v) is 13.2. The Labute approximate surface area is 120 Å². The largest absolute Gasteiger partial charge is 0.469 e. The van der Waals surface area contributed by atoms with E-state index in [0.717, 1.165) is 5.75 Å². The number of hydrogen-bond donors (Lipinski definition) is 1. The summed E-state index contributed by atoms with van der Waals surface area (Å²) in [5.41, 5.74) is 5.90. The van der Waals surface area contributed by atoms with Crippen LogP contribution in [0.3, 0.4) is 0 Å². The van der Waals surface area contributed by atoms with Gasteiger partial charge in [-0.3, -0.25) is 9.59 Å². The number of amides is 1. The first-order valence-corrected chi connectivity index (χ1v) is 7.91. The lowest BCUT2D eigenvalue weighted by Crippen LogP contribution is -2.46. The summed E-state index contributed by atoms with van der Waals surface area (Å²) in [7, 11) is 1.35. The van der Waals surface area contributed by atoms with E-state index in [1.54, 1.807) is 16.7 Å². The number of hydrogen-bond acceptors (Lipinski definition) is 5. The standard InChI is InChI=1S/C13H26N2O3S/c1-10(2)9-15(7-5-12(16)18-3)13(17)11(14)6-8-19-4/h10-11H,5-9,14H2,1-4H3/t11-/m1/s1. The van der Waals surface area contributed by atoms with Gasteiger partial charge in [0.15, 0.2) is 0 Å². The van der Waals surface area contributed by atoms with Crippen LogP contribution in [0.2, 0.25) is 0 Å². The quantitative estimate of drug-likeness (QED) is 0.644. The molecule has 0 aromatic rings. The maximum atomic E-state index is 12.2. The number of thioether (sulfide) groups is 1. The number of methoxy groups -OCH3 is 1. The molecular weight excluding hydrogens is 264 g/mol. The molecule has 6 heteroatoms. The molecule has 0 spiro atoms. The van der Waals surface area contributed by atoms with Crippen LogP contribution in [0.1, 0.15) is 26.7 Å². The molecule has 0 fully saturated rings. The SMILES string of the molecule is COC(=O)CCN(CC(C)C)C(=O)[C@H](N)CCSC. The Kier molecular flexibility index (Phi) is 9.69. The zero-order chi connectivity index (χ0) is 14.8. The minimum Gasteiger partial charge on any atom is -0.469 e. The Morgan fingerprint density at radius 2 is 2.00 bits per heavy atom. The highest BCUT2D eigenvalue weighted by Gasteiger charge is 2.22. The number of rotatable bonds is 9. The number of nitrogens with two attached hydrogens (primary N) is 1. The first kappa shape index (κ1) is 18.2. The highest BCUT2D eigenvalue weighted by molar-refractivity contribution is 7.98. The van der Waals surface area contributed by atoms with Gasteiger partial charge in [-0.2, -0.15) is 11.8 Å². The molecule has 0 aromatic carbocycles. The van der Waals surface area contributed by atoms with Gasteiger partial charge in [0.05, 0.1) is 19.6 Å². The summed E-state index contributed by atoms with van der Waals surface area (Å²) in [6, 6.07) is -0.483. The van der Waals surface area contributed by atoms with Crippen LogP contribution >= 0.6 is 11.8 Å². The van der Waals surface area contributed by atoms with E-state index in [-0.39, 0.29) is 18.3 Å². The van der Waals surface area contributed by atoms with Gasteiger partial charge in [-0.15, -0.1) is 0 Å². The summed E-state index contributed by atoms with van der Waals surface area (Å²) in [5.74, 6) is 0.819. The van der Waals surface area contributed by atoms with Crippen molar-refractivity contribution >= 4 is 23.6 Å². The summed E-state index contributed by atoms with van der Waals surface area (Å²) in [4.78, 5) is 25.1. The van der Waals surface area contributed by atoms with E-state index < -0.39 is 6.04 Å². The third-order valence-corrected chi connectivity index (χ3v) is 3.30. The fraction of sp³-hybridized carbons (Fsp3) is 0.846. The lowest BCUT2D eigenvalue weighted by Gasteiger charge is -2.27. The second-order valence-corrected chi connectivity index (χ2v) is 5.88. The first-order chi connectivity index (χ1) is 8.92. The summed E-state index contributed by atoms with van der Waals surface area (Å²) in [6.45, 7) is 5.05. The lowest BCUT2D eigenvalue weighted by atomic mass is 10.1. The van der Waals surface area contributed by atoms with E-state index in [0.29, 0.717) is 25.4 Å². The van der Waals surface area contributed by atoms with E-state index in [4.69, 9.17) is 5.73 Å². The van der Waals surface area contributed by atoms with Crippen molar-refractivity contribution in [3.63, 3.8) is 0 Å². The zero-order valence-electron chi connectivity index (χ0n) is 12.3. The van der Waals surface area contributed by atoms with Gasteiger partial charge in [0.25, 0.3) is 0 Å². The minimum atomic E-state index is -0.483. The predicted molar refractivity (Wildman–Crippen MR) is 79.0 cm³/mol. The van der Waals surface area contributed by atoms with Crippen LogP contribution in [0.15, 0.2) is 0 Å². The molecule has 1 amide bonds. The van der Waals surface area contributed by atoms with Crippen LogP contribution in [0.4, 0.5) is 0 Å². The van der Waals surface area contributed by atoms with E-state index in [1.165, 1.54) is 7.11 Å². The third-order valence-electron chi connectivity index (χ3n) is 2.66. The number of nitrogens with zero attached hydrogens (tertiary/aromatic N) is 1. The minimum absolute atomic E-state index is 0.0772. The molecule has 2 N–H and O–H groups in total. The third kappa shape index (κ3) is 8.10. The van der Waals surface area contributed by atoms with Crippen molar-refractivity contribution in [2.45, 2.75) is 32.7 Å². The molecule has 0 radical (unpaired) electrons. The second-order valence-electron chi connectivity index (χ2n) is 4.89. The smallest absolute Gasteiger partial charge is 0.307 e. The molecule has 0 aliphatic carbocycles. The Morgan fingerprint density at radius 1 is 1.37 bits per heavy atom. The Morgan fingerprint density at radius 3 is 2.47 bits per heavy atom. The number of carbonyl (C=O) groups excluding carboxylic acids is 2. The predicted octanol–water partition coefficient (Wildman–Crippen LogP) is 1.11. The van der Waals surface area contributed by atoms with E-state index in [9.17, 15) is 9.59 Å². The summed E-state index contributed by atoms with van der Waals surface area (Å²) in [5, 5.41) is 0. The Hall–Kier alpha value is -0.750. The van der Waals surface area contributed by atoms with Crippen molar-refractivity contribution in [3.8, 4) is 0 Å². The van der Waals surface area contributed by atoms with Gasteiger partial charge in [0.2, 0.25) is 5.91 Å². The van der Waals surface area contributed by atoms with E-state index in [2.05, 4.69) is 4.74 Å². The van der Waals surface area contributed by atoms with E-state index >= 15 is 0 Å². The number of esters is 1. The maximum Gasteiger partial charge on any atom is 0.307 e. The molecule has 112 valence electrons. The topological polar surface area (TPSA) is 72.6 Å². The van der Waals surface area contributed by atoms with Crippen LogP contribution in [0.25, 0.3) is 0 Å². The molecule has 0 aliphatic rings. The molecule has 0 heterocycles. The number of carbonyl (C=O) groups is 2. The normalized spacial score (nSPS) is 12.3. The highest BCUT2D eigenvalue weighted by Crippen LogP contribution is 2.07. The average Bonchev–Trinajstić information content (AvgIpc) is 2.38. The first-order valence-electron chi connectivity index (χ1n) is 6.52. The van der Waals surface area contributed by atoms with Crippen LogP contribution in [-0.4, -0.2) is 55.0 Å². The average molecular weight is 290 g/mol. The molecule has 19 heavy (non-hydrogen) atoms. The van der Waals surface area contributed by atoms with E-state index in [1.807, 2.05) is 20.1 Å². The van der Waals surface area contributed by atoms with Crippen LogP contribution in [-0.2, 0) is 14.3 Å². The molecule has 0 saturated heterocycles. The molecule has 0 aliphatic heterocycles. The molecule has 5 nitrogen and oxygen atoms in total. The lowest BCUT2D eigenvalue weighted by molar-refractivity contribution is -0.142. The van der Waals surface area contributed by atoms with Crippen LogP contribution < -0.4 is 5.73 Å². The fourth-order valence-corrected chi connectivity index (χ4v) is 2.15. The molecular formula is C13H26N2O3S. The Bertz CT molecular complexity index is 285. The van der Waals surface area contributed by atoms with Gasteiger partial charge >= 0.3 is 5.97 Å². The van der Waals surface area contributed by atoms with Crippen molar-refractivity contribution in [1.82, 2.24) is 4.90 Å². The van der Waals surface area contributed by atoms with Crippen molar-refractivity contribution in [2.75, 3.05) is 32.2 Å². The van der Waals surface area contributed by atoms with Gasteiger partial charge in [-0.05, 0) is 24.3 Å². The molecule has 0 unspecified atom stereocenters. The van der Waals surface area contributed by atoms with Crippen LogP contribution in [0, 0.1) is 5.92 Å². The van der Waals surface area contributed by atoms with Gasteiger partial charge in [-0.25, -0.2) is 0 Å². The fourth-order valence-electron chi connectivity index (χ4n) is 1.66. The summed E-state index contributed by atoms with van der Waals surface area (Å²) < 4.78 is 4.60. The number of ether oxygens (including phenoxy) is 1. The summed E-state index contributed by atoms with van der Waals surface area (Å²) in [6.07, 6.45) is 2.86. The monoisotopic (exact) mass is 290 g/mol. The van der Waals surface area contributed by atoms with Crippen LogP contribution in [0.5, 0.6) is 0 Å². The van der Waals surface area contributed by atoms with Gasteiger partial charge in [0.1, 0.15) is 0 Å². The molecule has 1 atom stereocenters. The van der Waals surface area contributed by atoms with Crippen molar-refractivity contribution in [1.29, 1.82) is 0 Å². The summed E-state index contributed by atoms with van der Waals surface area (Å²) >= 11 is 1.67. The molecule has 0 bridgehead atoms. The van der Waals surface area contributed by atoms with Gasteiger partial charge in [-0.1, -0.05) is 13.8 Å². The van der Waals surface area contributed by atoms with Crippen molar-refractivity contribution < 1.29 is 14.3 Å². The Balaban J connectivity index is 4.45. The van der Waals surface area contributed by atoms with Crippen molar-refractivity contribution in [2.24, 2.45) is 11.7 Å². The van der Waals surface area contributed by atoms with Gasteiger partial charge in [0, 0.05) is 13.1 Å².